The van der Waals surface area contributed by atoms with Crippen molar-refractivity contribution in [1.29, 1.82) is 0 Å². The van der Waals surface area contributed by atoms with Gasteiger partial charge in [0.25, 0.3) is 0 Å². The maximum atomic E-state index is 5.60. The molecule has 2 unspecified atom stereocenters. The average molecular weight is 156 g/mol. The molecule has 2 atom stereocenters. The Morgan fingerprint density at radius 3 is 2.82 bits per heavy atom. The second-order valence-corrected chi connectivity index (χ2v) is 3.58. The first kappa shape index (κ1) is 9.05. The summed E-state index contributed by atoms with van der Waals surface area (Å²) in [6.07, 6.45) is 7.11. The summed E-state index contributed by atoms with van der Waals surface area (Å²) in [4.78, 5) is 0. The standard InChI is InChI=1S/C10H20O/c1-3-5-9-6-7-11-10(4-2)8-9/h9-10H,3-8H2,1-2H3. The van der Waals surface area contributed by atoms with Crippen LogP contribution in [0.1, 0.15) is 46.0 Å². The van der Waals surface area contributed by atoms with E-state index in [0.717, 1.165) is 12.5 Å². The molecule has 1 heteroatoms. The molecule has 11 heavy (non-hydrogen) atoms. The molecule has 1 heterocycles. The molecule has 1 rings (SSSR count). The number of hydrogen-bond donors (Lipinski definition) is 0. The molecule has 1 saturated heterocycles. The first-order chi connectivity index (χ1) is 5.36. The van der Waals surface area contributed by atoms with E-state index in [9.17, 15) is 0 Å². The van der Waals surface area contributed by atoms with Crippen LogP contribution in [0.5, 0.6) is 0 Å². The molecular weight excluding hydrogens is 136 g/mol. The third-order valence-corrected chi connectivity index (χ3v) is 2.63. The predicted molar refractivity (Wildman–Crippen MR) is 47.7 cm³/mol. The Kier molecular flexibility index (Phi) is 3.92. The fraction of sp³-hybridized carbons (Fsp3) is 1.00. The van der Waals surface area contributed by atoms with Gasteiger partial charge in [0.05, 0.1) is 6.10 Å². The fourth-order valence-electron chi connectivity index (χ4n) is 1.91. The van der Waals surface area contributed by atoms with Crippen molar-refractivity contribution in [3.63, 3.8) is 0 Å². The van der Waals surface area contributed by atoms with Crippen LogP contribution in [0.2, 0.25) is 0 Å². The molecule has 0 aromatic carbocycles. The van der Waals surface area contributed by atoms with Gasteiger partial charge in [0.2, 0.25) is 0 Å². The Bertz CT molecular complexity index is 99.0. The maximum Gasteiger partial charge on any atom is 0.0575 e. The Hall–Kier alpha value is -0.0400. The van der Waals surface area contributed by atoms with E-state index in [1.54, 1.807) is 0 Å². The summed E-state index contributed by atoms with van der Waals surface area (Å²) < 4.78 is 5.60. The first-order valence-electron chi connectivity index (χ1n) is 4.98. The highest BCUT2D eigenvalue weighted by atomic mass is 16.5. The largest absolute Gasteiger partial charge is 0.378 e. The molecule has 0 amide bonds. The van der Waals surface area contributed by atoms with Crippen LogP contribution in [0, 0.1) is 5.92 Å². The van der Waals surface area contributed by atoms with Gasteiger partial charge in [-0.15, -0.1) is 0 Å². The summed E-state index contributed by atoms with van der Waals surface area (Å²) in [5.41, 5.74) is 0. The van der Waals surface area contributed by atoms with Crippen LogP contribution in [0.15, 0.2) is 0 Å². The quantitative estimate of drug-likeness (QED) is 0.610. The molecule has 0 saturated carbocycles. The van der Waals surface area contributed by atoms with Crippen molar-refractivity contribution in [2.24, 2.45) is 5.92 Å². The van der Waals surface area contributed by atoms with Crippen molar-refractivity contribution in [2.45, 2.75) is 52.1 Å². The highest BCUT2D eigenvalue weighted by Gasteiger charge is 2.19. The fourth-order valence-corrected chi connectivity index (χ4v) is 1.91. The molecule has 0 spiro atoms. The van der Waals surface area contributed by atoms with Crippen molar-refractivity contribution >= 4 is 0 Å². The van der Waals surface area contributed by atoms with Gasteiger partial charge in [0.1, 0.15) is 0 Å². The van der Waals surface area contributed by atoms with Crippen LogP contribution in [-0.2, 0) is 4.74 Å². The van der Waals surface area contributed by atoms with Crippen LogP contribution in [-0.4, -0.2) is 12.7 Å². The topological polar surface area (TPSA) is 9.23 Å². The lowest BCUT2D eigenvalue weighted by Gasteiger charge is -2.28. The number of ether oxygens (including phenoxy) is 1. The van der Waals surface area contributed by atoms with Gasteiger partial charge < -0.3 is 4.74 Å². The third-order valence-electron chi connectivity index (χ3n) is 2.63. The molecule has 1 fully saturated rings. The Labute approximate surface area is 70.1 Å². The maximum absolute atomic E-state index is 5.60. The van der Waals surface area contributed by atoms with Crippen molar-refractivity contribution in [3.05, 3.63) is 0 Å². The summed E-state index contributed by atoms with van der Waals surface area (Å²) in [7, 11) is 0. The summed E-state index contributed by atoms with van der Waals surface area (Å²) >= 11 is 0. The molecule has 1 aliphatic rings. The lowest BCUT2D eigenvalue weighted by molar-refractivity contribution is -0.0121. The predicted octanol–water partition coefficient (Wildman–Crippen LogP) is 2.99. The first-order valence-corrected chi connectivity index (χ1v) is 4.98. The van der Waals surface area contributed by atoms with Crippen LogP contribution in [0.3, 0.4) is 0 Å². The van der Waals surface area contributed by atoms with Gasteiger partial charge >= 0.3 is 0 Å². The van der Waals surface area contributed by atoms with Crippen molar-refractivity contribution < 1.29 is 4.74 Å². The van der Waals surface area contributed by atoms with E-state index < -0.39 is 0 Å². The molecule has 1 nitrogen and oxygen atoms in total. The zero-order valence-electron chi connectivity index (χ0n) is 7.81. The highest BCUT2D eigenvalue weighted by Crippen LogP contribution is 2.25. The molecule has 0 radical (unpaired) electrons. The zero-order chi connectivity index (χ0) is 8.10. The minimum Gasteiger partial charge on any atom is -0.378 e. The van der Waals surface area contributed by atoms with Crippen LogP contribution in [0.4, 0.5) is 0 Å². The summed E-state index contributed by atoms with van der Waals surface area (Å²) in [6.45, 7) is 5.50. The van der Waals surface area contributed by atoms with Gasteiger partial charge in [-0.25, -0.2) is 0 Å². The molecule has 1 aliphatic heterocycles. The van der Waals surface area contributed by atoms with E-state index >= 15 is 0 Å². The highest BCUT2D eigenvalue weighted by molar-refractivity contribution is 4.70. The lowest BCUT2D eigenvalue weighted by atomic mass is 9.91. The third kappa shape index (κ3) is 2.82. The normalized spacial score (nSPS) is 32.2. The Morgan fingerprint density at radius 2 is 2.18 bits per heavy atom. The molecule has 0 aromatic heterocycles. The van der Waals surface area contributed by atoms with E-state index in [1.165, 1.54) is 32.1 Å². The SMILES string of the molecule is CCCC1CCOC(CC)C1. The van der Waals surface area contributed by atoms with Gasteiger partial charge in [-0.05, 0) is 25.2 Å². The Morgan fingerprint density at radius 1 is 1.36 bits per heavy atom. The van der Waals surface area contributed by atoms with Gasteiger partial charge in [0.15, 0.2) is 0 Å². The molecule has 0 aliphatic carbocycles. The van der Waals surface area contributed by atoms with Gasteiger partial charge in [0, 0.05) is 6.61 Å². The zero-order valence-corrected chi connectivity index (χ0v) is 7.81. The second-order valence-electron chi connectivity index (χ2n) is 3.58. The van der Waals surface area contributed by atoms with E-state index in [4.69, 9.17) is 4.74 Å². The summed E-state index contributed by atoms with van der Waals surface area (Å²) in [5, 5.41) is 0. The Balaban J connectivity index is 2.21. The molecule has 0 N–H and O–H groups in total. The van der Waals surface area contributed by atoms with Crippen molar-refractivity contribution in [3.8, 4) is 0 Å². The van der Waals surface area contributed by atoms with Crippen LogP contribution >= 0.6 is 0 Å². The monoisotopic (exact) mass is 156 g/mol. The van der Waals surface area contributed by atoms with E-state index in [-0.39, 0.29) is 0 Å². The van der Waals surface area contributed by atoms with Crippen LogP contribution in [0.25, 0.3) is 0 Å². The second kappa shape index (κ2) is 4.76. The molecular formula is C10H20O. The summed E-state index contributed by atoms with van der Waals surface area (Å²) in [5.74, 6) is 0.957. The number of hydrogen-bond acceptors (Lipinski definition) is 1. The minimum atomic E-state index is 0.570. The minimum absolute atomic E-state index is 0.570. The van der Waals surface area contributed by atoms with Gasteiger partial charge in [-0.2, -0.15) is 0 Å². The summed E-state index contributed by atoms with van der Waals surface area (Å²) in [6, 6.07) is 0. The van der Waals surface area contributed by atoms with Gasteiger partial charge in [-0.1, -0.05) is 26.7 Å². The van der Waals surface area contributed by atoms with E-state index in [2.05, 4.69) is 13.8 Å². The van der Waals surface area contributed by atoms with Crippen LogP contribution < -0.4 is 0 Å². The smallest absolute Gasteiger partial charge is 0.0575 e. The van der Waals surface area contributed by atoms with E-state index in [1.807, 2.05) is 0 Å². The average Bonchev–Trinajstić information content (AvgIpc) is 2.06. The molecule has 66 valence electrons. The van der Waals surface area contributed by atoms with E-state index in [0.29, 0.717) is 6.10 Å². The lowest BCUT2D eigenvalue weighted by Crippen LogP contribution is -2.24. The molecule has 0 aromatic rings. The molecule has 0 bridgehead atoms. The number of rotatable bonds is 3. The van der Waals surface area contributed by atoms with Crippen molar-refractivity contribution in [2.75, 3.05) is 6.61 Å². The van der Waals surface area contributed by atoms with Crippen molar-refractivity contribution in [1.82, 2.24) is 0 Å². The van der Waals surface area contributed by atoms with Gasteiger partial charge in [-0.3, -0.25) is 0 Å².